The van der Waals surface area contributed by atoms with Gasteiger partial charge in [-0.2, -0.15) is 39.5 Å². The Balaban J connectivity index is 6.13. The number of rotatable bonds is 2. The van der Waals surface area contributed by atoms with E-state index in [4.69, 9.17) is 0 Å². The van der Waals surface area contributed by atoms with Crippen molar-refractivity contribution in [1.82, 2.24) is 0 Å². The molecule has 0 aliphatic heterocycles. The molecule has 0 saturated carbocycles. The maximum absolute atomic E-state index is 12.2. The molecule has 0 aromatic rings. The fourth-order valence-electron chi connectivity index (χ4n) is 1.04. The first-order valence-corrected chi connectivity index (χ1v) is 4.04. The predicted octanol–water partition coefficient (Wildman–Crippen LogP) is 3.87. The summed E-state index contributed by atoms with van der Waals surface area (Å²) in [6, 6.07) is 0. The number of alkyl halides is 10. The molecule has 0 saturated heterocycles. The molecule has 1 nitrogen and oxygen atoms in total. The molecule has 17 heavy (non-hydrogen) atoms. The summed E-state index contributed by atoms with van der Waals surface area (Å²) in [7, 11) is 0.204. The average Bonchev–Trinajstić information content (AvgIpc) is 1.95. The van der Waals surface area contributed by atoms with Gasteiger partial charge < -0.3 is 4.74 Å². The lowest BCUT2D eigenvalue weighted by Crippen LogP contribution is -2.64. The maximum atomic E-state index is 12.2. The normalized spacial score (nSPS) is 17.1. The van der Waals surface area contributed by atoms with Crippen molar-refractivity contribution < 1.29 is 44.3 Å². The van der Waals surface area contributed by atoms with Gasteiger partial charge in [-0.3, -0.25) is 0 Å². The van der Waals surface area contributed by atoms with E-state index in [0.717, 1.165) is 0 Å². The van der Waals surface area contributed by atoms with Gasteiger partial charge in [0.25, 0.3) is 5.41 Å². The minimum absolute atomic E-state index is 0.204. The summed E-state index contributed by atoms with van der Waals surface area (Å²) in [6.07, 6.45) is -20.1. The van der Waals surface area contributed by atoms with Gasteiger partial charge in [0.15, 0.2) is 5.56 Å². The molecule has 0 heterocycles. The van der Waals surface area contributed by atoms with E-state index < -0.39 is 29.5 Å². The highest BCUT2D eigenvalue weighted by Crippen LogP contribution is 2.62. The van der Waals surface area contributed by atoms with Gasteiger partial charge in [0.1, 0.15) is 0 Å². The van der Waals surface area contributed by atoms with Crippen molar-refractivity contribution in [3.8, 4) is 0 Å². The quantitative estimate of drug-likeness (QED) is 0.555. The van der Waals surface area contributed by atoms with E-state index in [1.807, 2.05) is 0 Å². The molecule has 104 valence electrons. The van der Waals surface area contributed by atoms with Crippen molar-refractivity contribution in [3.05, 3.63) is 0 Å². The van der Waals surface area contributed by atoms with Crippen LogP contribution in [0.15, 0.2) is 0 Å². The summed E-state index contributed by atoms with van der Waals surface area (Å²) in [5.41, 5.74) is -9.81. The lowest BCUT2D eigenvalue weighted by molar-refractivity contribution is -0.440. The topological polar surface area (TPSA) is 9.23 Å². The van der Waals surface area contributed by atoms with Crippen LogP contribution in [0.25, 0.3) is 0 Å². The van der Waals surface area contributed by atoms with Gasteiger partial charge in [-0.25, -0.2) is 0 Å². The Bertz CT molecular complexity index is 228. The second-order valence-electron chi connectivity index (χ2n) is 2.85. The molecule has 0 rings (SSSR count). The number of hydrogen-bond acceptors (Lipinski definition) is 1. The van der Waals surface area contributed by atoms with Crippen LogP contribution in [0, 0.1) is 5.41 Å². The molecule has 0 fully saturated rings. The van der Waals surface area contributed by atoms with Gasteiger partial charge in [0.05, 0.1) is 0 Å². The van der Waals surface area contributed by atoms with Crippen LogP contribution in [0.4, 0.5) is 39.5 Å². The number of ether oxygens (including phenoxy) is 1. The Hall–Kier alpha value is -0.380. The van der Waals surface area contributed by atoms with Crippen molar-refractivity contribution in [2.24, 2.45) is 5.41 Å². The first kappa shape index (κ1) is 16.6. The standard InChI is InChI=1S/C6H4ClF9O/c1-17-2(7)3(4(8,9)10,5(11,12)13)6(14,15)16/h2H,1H3. The zero-order valence-electron chi connectivity index (χ0n) is 7.77. The van der Waals surface area contributed by atoms with Gasteiger partial charge >= 0.3 is 18.5 Å². The van der Waals surface area contributed by atoms with Crippen molar-refractivity contribution in [1.29, 1.82) is 0 Å². The van der Waals surface area contributed by atoms with Crippen LogP contribution < -0.4 is 0 Å². The van der Waals surface area contributed by atoms with E-state index in [1.54, 1.807) is 0 Å². The van der Waals surface area contributed by atoms with E-state index in [9.17, 15) is 39.5 Å². The minimum Gasteiger partial charge on any atom is -0.364 e. The Morgan fingerprint density at radius 1 is 0.765 bits per heavy atom. The highest BCUT2D eigenvalue weighted by atomic mass is 35.5. The summed E-state index contributed by atoms with van der Waals surface area (Å²) < 4.78 is 113. The van der Waals surface area contributed by atoms with Gasteiger partial charge in [0, 0.05) is 7.11 Å². The highest BCUT2D eigenvalue weighted by molar-refractivity contribution is 6.20. The Morgan fingerprint density at radius 2 is 1.00 bits per heavy atom. The molecule has 0 aromatic carbocycles. The van der Waals surface area contributed by atoms with Crippen LogP contribution in [0.2, 0.25) is 0 Å². The van der Waals surface area contributed by atoms with E-state index in [-0.39, 0.29) is 7.11 Å². The fraction of sp³-hybridized carbons (Fsp3) is 1.00. The van der Waals surface area contributed by atoms with E-state index >= 15 is 0 Å². The molecule has 11 heteroatoms. The first-order valence-electron chi connectivity index (χ1n) is 3.60. The lowest BCUT2D eigenvalue weighted by atomic mass is 9.86. The molecule has 0 N–H and O–H groups in total. The summed E-state index contributed by atoms with van der Waals surface area (Å²) >= 11 is 4.46. The molecule has 0 spiro atoms. The van der Waals surface area contributed by atoms with Gasteiger partial charge in [-0.15, -0.1) is 0 Å². The monoisotopic (exact) mass is 298 g/mol. The van der Waals surface area contributed by atoms with Crippen LogP contribution in [-0.2, 0) is 4.74 Å². The lowest BCUT2D eigenvalue weighted by Gasteiger charge is -2.40. The fourth-order valence-corrected chi connectivity index (χ4v) is 1.42. The zero-order chi connectivity index (χ0) is 14.3. The third-order valence-electron chi connectivity index (χ3n) is 1.89. The molecule has 1 unspecified atom stereocenters. The van der Waals surface area contributed by atoms with Crippen LogP contribution in [-0.4, -0.2) is 31.2 Å². The van der Waals surface area contributed by atoms with Crippen molar-refractivity contribution >= 4 is 11.6 Å². The van der Waals surface area contributed by atoms with Crippen LogP contribution >= 0.6 is 11.6 Å². The third kappa shape index (κ3) is 2.42. The van der Waals surface area contributed by atoms with E-state index in [2.05, 4.69) is 16.3 Å². The second kappa shape index (κ2) is 4.38. The summed E-state index contributed by atoms with van der Waals surface area (Å²) in [5.74, 6) is 0. The van der Waals surface area contributed by atoms with Gasteiger partial charge in [0.2, 0.25) is 0 Å². The molecule has 0 radical (unpaired) electrons. The number of halogens is 10. The summed E-state index contributed by atoms with van der Waals surface area (Å²) in [6.45, 7) is 0. The molecule has 0 aromatic heterocycles. The number of hydrogen-bond donors (Lipinski definition) is 0. The van der Waals surface area contributed by atoms with Crippen molar-refractivity contribution in [2.75, 3.05) is 7.11 Å². The van der Waals surface area contributed by atoms with Gasteiger partial charge in [-0.1, -0.05) is 11.6 Å². The second-order valence-corrected chi connectivity index (χ2v) is 3.25. The first-order chi connectivity index (χ1) is 7.23. The molecule has 1 atom stereocenters. The molecule has 0 aliphatic rings. The molecule has 0 aliphatic carbocycles. The van der Waals surface area contributed by atoms with Crippen LogP contribution in [0.1, 0.15) is 0 Å². The van der Waals surface area contributed by atoms with E-state index in [1.165, 1.54) is 0 Å². The van der Waals surface area contributed by atoms with Gasteiger partial charge in [-0.05, 0) is 0 Å². The Kier molecular flexibility index (Phi) is 4.28. The van der Waals surface area contributed by atoms with Crippen LogP contribution in [0.5, 0.6) is 0 Å². The Morgan fingerprint density at radius 3 is 1.06 bits per heavy atom. The third-order valence-corrected chi connectivity index (χ3v) is 2.39. The maximum Gasteiger partial charge on any atom is 0.415 e. The summed E-state index contributed by atoms with van der Waals surface area (Å²) in [4.78, 5) is 0. The highest BCUT2D eigenvalue weighted by Gasteiger charge is 2.87. The SMILES string of the molecule is COC(Cl)C(C(F)(F)F)(C(F)(F)F)C(F)(F)F. The molecular formula is C6H4ClF9O. The van der Waals surface area contributed by atoms with Crippen LogP contribution in [0.3, 0.4) is 0 Å². The molecular weight excluding hydrogens is 294 g/mol. The minimum atomic E-state index is -6.70. The van der Waals surface area contributed by atoms with Crippen molar-refractivity contribution in [3.63, 3.8) is 0 Å². The Labute approximate surface area is 93.5 Å². The van der Waals surface area contributed by atoms with E-state index in [0.29, 0.717) is 0 Å². The largest absolute Gasteiger partial charge is 0.415 e. The summed E-state index contributed by atoms with van der Waals surface area (Å²) in [5, 5.41) is 0. The zero-order valence-corrected chi connectivity index (χ0v) is 8.52. The predicted molar refractivity (Wildman–Crippen MR) is 37.2 cm³/mol. The molecule has 0 amide bonds. The average molecular weight is 299 g/mol. The number of methoxy groups -OCH3 is 1. The van der Waals surface area contributed by atoms with Crippen molar-refractivity contribution in [2.45, 2.75) is 24.1 Å². The molecule has 0 bridgehead atoms. The smallest absolute Gasteiger partial charge is 0.364 e.